The second-order valence-electron chi connectivity index (χ2n) is 8.72. The molecule has 1 saturated heterocycles. The van der Waals surface area contributed by atoms with E-state index in [1.165, 1.54) is 36.7 Å². The molecule has 5 atom stereocenters. The molecule has 4 aliphatic rings. The number of piperidine rings is 1. The van der Waals surface area contributed by atoms with Crippen LogP contribution in [0.15, 0.2) is 6.33 Å². The van der Waals surface area contributed by atoms with Crippen molar-refractivity contribution in [1.29, 1.82) is 0 Å². The maximum atomic E-state index is 13.5. The van der Waals surface area contributed by atoms with E-state index in [0.29, 0.717) is 36.0 Å². The predicted molar refractivity (Wildman–Crippen MR) is 95.3 cm³/mol. The first kappa shape index (κ1) is 17.4. The first-order chi connectivity index (χ1) is 13.1. The molecule has 1 unspecified atom stereocenters. The molecular weight excluding hydrogens is 352 g/mol. The fraction of sp³-hybridized carbons (Fsp3) is 0.842. The van der Waals surface area contributed by atoms with Crippen molar-refractivity contribution in [2.24, 2.45) is 23.7 Å². The van der Waals surface area contributed by atoms with E-state index in [1.54, 1.807) is 0 Å². The second kappa shape index (κ2) is 6.71. The van der Waals surface area contributed by atoms with Gasteiger partial charge in [-0.15, -0.1) is 0 Å². The van der Waals surface area contributed by atoms with Gasteiger partial charge in [-0.3, -0.25) is 4.79 Å². The van der Waals surface area contributed by atoms with Gasteiger partial charge in [-0.05, 0) is 49.9 Å². The predicted octanol–water partition coefficient (Wildman–Crippen LogP) is 2.94. The SMILES string of the molecule is O=C(C1[C@H]2CCCC[C@@H]12)N1CCC([C@@H]2C[C@H](C(F)F)n3ncnc3N2)CC1. The highest BCUT2D eigenvalue weighted by molar-refractivity contribution is 5.82. The highest BCUT2D eigenvalue weighted by Crippen LogP contribution is 2.56. The summed E-state index contributed by atoms with van der Waals surface area (Å²) in [6.07, 6.45) is 5.97. The third-order valence-corrected chi connectivity index (χ3v) is 7.35. The molecule has 3 fully saturated rings. The number of carbonyl (C=O) groups is 1. The molecular formula is C19H27F2N5O. The number of nitrogens with one attached hydrogen (secondary N) is 1. The summed E-state index contributed by atoms with van der Waals surface area (Å²) in [6.45, 7) is 1.51. The number of hydrogen-bond acceptors (Lipinski definition) is 4. The van der Waals surface area contributed by atoms with Crippen molar-refractivity contribution in [2.75, 3.05) is 18.4 Å². The maximum absolute atomic E-state index is 13.5. The van der Waals surface area contributed by atoms with Crippen LogP contribution in [-0.4, -0.2) is 51.1 Å². The van der Waals surface area contributed by atoms with Crippen LogP contribution in [-0.2, 0) is 4.79 Å². The lowest BCUT2D eigenvalue weighted by Gasteiger charge is -2.40. The Balaban J connectivity index is 1.19. The number of likely N-dealkylation sites (tertiary alicyclic amines) is 1. The zero-order valence-electron chi connectivity index (χ0n) is 15.4. The number of carbonyl (C=O) groups excluding carboxylic acids is 1. The van der Waals surface area contributed by atoms with Gasteiger partial charge >= 0.3 is 0 Å². The molecule has 0 radical (unpaired) electrons. The minimum Gasteiger partial charge on any atom is -0.351 e. The van der Waals surface area contributed by atoms with Gasteiger partial charge in [0.25, 0.3) is 6.43 Å². The lowest BCUT2D eigenvalue weighted by atomic mass is 9.85. The van der Waals surface area contributed by atoms with Crippen LogP contribution in [0.2, 0.25) is 0 Å². The van der Waals surface area contributed by atoms with Gasteiger partial charge < -0.3 is 10.2 Å². The first-order valence-corrected chi connectivity index (χ1v) is 10.4. The van der Waals surface area contributed by atoms with Crippen molar-refractivity contribution < 1.29 is 13.6 Å². The van der Waals surface area contributed by atoms with E-state index in [1.807, 2.05) is 4.90 Å². The standard InChI is InChI=1S/C19H27F2N5O/c20-17(21)15-9-14(24-19-22-10-23-26(15)19)11-5-7-25(8-6-11)18(27)16-12-3-1-2-4-13(12)16/h10-17H,1-9H2,(H,22,23,24)/t12-,13+,14-,15+,16?/m0/s1. The van der Waals surface area contributed by atoms with Gasteiger partial charge in [0, 0.05) is 25.0 Å². The topological polar surface area (TPSA) is 63.1 Å². The van der Waals surface area contributed by atoms with Gasteiger partial charge in [-0.1, -0.05) is 12.8 Å². The maximum Gasteiger partial charge on any atom is 0.260 e. The van der Waals surface area contributed by atoms with Crippen LogP contribution in [0.1, 0.15) is 51.0 Å². The smallest absolute Gasteiger partial charge is 0.260 e. The van der Waals surface area contributed by atoms with Crippen LogP contribution >= 0.6 is 0 Å². The Kier molecular flexibility index (Phi) is 4.31. The lowest BCUT2D eigenvalue weighted by molar-refractivity contribution is -0.134. The number of alkyl halides is 2. The summed E-state index contributed by atoms with van der Waals surface area (Å²) in [7, 11) is 0. The fourth-order valence-electron chi connectivity index (χ4n) is 5.79. The van der Waals surface area contributed by atoms with Crippen molar-refractivity contribution in [1.82, 2.24) is 19.7 Å². The van der Waals surface area contributed by atoms with Crippen molar-refractivity contribution in [3.63, 3.8) is 0 Å². The lowest BCUT2D eigenvalue weighted by Crippen LogP contribution is -2.46. The summed E-state index contributed by atoms with van der Waals surface area (Å²) in [5.74, 6) is 2.65. The van der Waals surface area contributed by atoms with Crippen LogP contribution in [0.4, 0.5) is 14.7 Å². The molecule has 1 aromatic rings. The van der Waals surface area contributed by atoms with Gasteiger partial charge in [0.15, 0.2) is 0 Å². The third kappa shape index (κ3) is 3.01. The monoisotopic (exact) mass is 379 g/mol. The average molecular weight is 379 g/mol. The van der Waals surface area contributed by atoms with E-state index >= 15 is 0 Å². The summed E-state index contributed by atoms with van der Waals surface area (Å²) in [5.41, 5.74) is 0. The Morgan fingerprint density at radius 2 is 1.85 bits per heavy atom. The molecule has 1 N–H and O–H groups in total. The molecule has 5 rings (SSSR count). The van der Waals surface area contributed by atoms with Crippen molar-refractivity contribution in [3.05, 3.63) is 6.33 Å². The molecule has 0 spiro atoms. The van der Waals surface area contributed by atoms with E-state index < -0.39 is 12.5 Å². The summed E-state index contributed by atoms with van der Waals surface area (Å²) >= 11 is 0. The van der Waals surface area contributed by atoms with Gasteiger partial charge in [0.2, 0.25) is 11.9 Å². The van der Waals surface area contributed by atoms with Gasteiger partial charge in [0.1, 0.15) is 12.4 Å². The molecule has 2 saturated carbocycles. The van der Waals surface area contributed by atoms with E-state index in [9.17, 15) is 13.6 Å². The van der Waals surface area contributed by atoms with E-state index in [2.05, 4.69) is 15.4 Å². The molecule has 0 aromatic carbocycles. The normalized spacial score (nSPS) is 36.1. The van der Waals surface area contributed by atoms with Gasteiger partial charge in [-0.25, -0.2) is 13.5 Å². The van der Waals surface area contributed by atoms with E-state index in [4.69, 9.17) is 0 Å². The number of halogens is 2. The van der Waals surface area contributed by atoms with Gasteiger partial charge in [0.05, 0.1) is 0 Å². The molecule has 3 heterocycles. The number of anilines is 1. The highest BCUT2D eigenvalue weighted by atomic mass is 19.3. The Morgan fingerprint density at radius 1 is 1.15 bits per heavy atom. The fourth-order valence-corrected chi connectivity index (χ4v) is 5.79. The van der Waals surface area contributed by atoms with Crippen molar-refractivity contribution in [2.45, 2.75) is 63.5 Å². The number of fused-ring (bicyclic) bond motifs is 2. The zero-order valence-corrected chi connectivity index (χ0v) is 15.4. The van der Waals surface area contributed by atoms with E-state index in [0.717, 1.165) is 25.9 Å². The van der Waals surface area contributed by atoms with Crippen LogP contribution in [0.3, 0.4) is 0 Å². The molecule has 1 amide bonds. The first-order valence-electron chi connectivity index (χ1n) is 10.4. The summed E-state index contributed by atoms with van der Waals surface area (Å²) in [6, 6.07) is -0.940. The van der Waals surface area contributed by atoms with Crippen LogP contribution in [0.25, 0.3) is 0 Å². The quantitative estimate of drug-likeness (QED) is 0.877. The van der Waals surface area contributed by atoms with Crippen LogP contribution < -0.4 is 5.32 Å². The number of amides is 1. The highest BCUT2D eigenvalue weighted by Gasteiger charge is 2.56. The zero-order chi connectivity index (χ0) is 18.5. The van der Waals surface area contributed by atoms with E-state index in [-0.39, 0.29) is 12.0 Å². The summed E-state index contributed by atoms with van der Waals surface area (Å²) in [4.78, 5) is 19.0. The number of rotatable bonds is 3. The van der Waals surface area contributed by atoms with Gasteiger partial charge in [-0.2, -0.15) is 10.1 Å². The molecule has 8 heteroatoms. The minimum absolute atomic E-state index is 0.0264. The third-order valence-electron chi connectivity index (χ3n) is 7.35. The Labute approximate surface area is 157 Å². The second-order valence-corrected chi connectivity index (χ2v) is 8.72. The Hall–Kier alpha value is -1.73. The largest absolute Gasteiger partial charge is 0.351 e. The molecule has 27 heavy (non-hydrogen) atoms. The summed E-state index contributed by atoms with van der Waals surface area (Å²) in [5, 5.41) is 7.25. The Bertz CT molecular complexity index is 690. The van der Waals surface area contributed by atoms with Crippen LogP contribution in [0.5, 0.6) is 0 Å². The summed E-state index contributed by atoms with van der Waals surface area (Å²) < 4.78 is 28.2. The van der Waals surface area contributed by atoms with Crippen LogP contribution in [0, 0.1) is 23.7 Å². The molecule has 6 nitrogen and oxygen atoms in total. The molecule has 148 valence electrons. The van der Waals surface area contributed by atoms with Crippen molar-refractivity contribution >= 4 is 11.9 Å². The molecule has 2 aliphatic heterocycles. The molecule has 1 aromatic heterocycles. The average Bonchev–Trinajstić information content (AvgIpc) is 3.23. The number of aromatic nitrogens is 3. The number of hydrogen-bond donors (Lipinski definition) is 1. The molecule has 2 aliphatic carbocycles. The Morgan fingerprint density at radius 3 is 2.52 bits per heavy atom. The minimum atomic E-state index is -2.45. The molecule has 0 bridgehead atoms. The number of nitrogens with zero attached hydrogens (tertiary/aromatic N) is 4. The van der Waals surface area contributed by atoms with Crippen molar-refractivity contribution in [3.8, 4) is 0 Å².